The maximum Gasteiger partial charge on any atom is 0.254 e. The predicted octanol–water partition coefficient (Wildman–Crippen LogP) is 4.91. The third kappa shape index (κ3) is 6.33. The third-order valence-electron chi connectivity index (χ3n) is 7.60. The molecule has 0 saturated heterocycles. The molecule has 0 unspecified atom stereocenters. The zero-order valence-electron chi connectivity index (χ0n) is 24.5. The number of carbonyl (C=O) groups is 1. The maximum absolute atomic E-state index is 14.1. The minimum Gasteiger partial charge on any atom is -0.492 e. The fourth-order valence-electron chi connectivity index (χ4n) is 5.23. The average Bonchev–Trinajstić information content (AvgIpc) is 2.96. The number of pyridine rings is 2. The van der Waals surface area contributed by atoms with Gasteiger partial charge in [-0.1, -0.05) is 6.07 Å². The quantitative estimate of drug-likeness (QED) is 0.341. The molecule has 1 amide bonds. The van der Waals surface area contributed by atoms with Gasteiger partial charge in [0.25, 0.3) is 5.91 Å². The van der Waals surface area contributed by atoms with E-state index in [0.29, 0.717) is 36.8 Å². The molecule has 0 radical (unpaired) electrons. The van der Waals surface area contributed by atoms with Gasteiger partial charge in [0.1, 0.15) is 17.4 Å². The van der Waals surface area contributed by atoms with Crippen LogP contribution in [0.2, 0.25) is 0 Å². The Balaban J connectivity index is 1.72. The molecule has 1 aliphatic heterocycles. The van der Waals surface area contributed by atoms with Gasteiger partial charge in [0.15, 0.2) is 0 Å². The van der Waals surface area contributed by atoms with E-state index in [1.54, 1.807) is 13.2 Å². The number of hydrogen-bond acceptors (Lipinski definition) is 7. The van der Waals surface area contributed by atoms with Gasteiger partial charge in [0.05, 0.1) is 24.9 Å². The topological polar surface area (TPSA) is 91.6 Å². The molecule has 1 atom stereocenters. The van der Waals surface area contributed by atoms with Crippen LogP contribution in [0.3, 0.4) is 0 Å². The van der Waals surface area contributed by atoms with Crippen LogP contribution >= 0.6 is 0 Å². The monoisotopic (exact) mass is 541 g/mol. The number of methoxy groups -OCH3 is 1. The zero-order valence-corrected chi connectivity index (χ0v) is 24.5. The first-order valence-corrected chi connectivity index (χ1v) is 13.9. The van der Waals surface area contributed by atoms with E-state index in [0.717, 1.165) is 65.0 Å². The molecule has 0 bridgehead atoms. The number of nitriles is 1. The molecule has 0 fully saturated rings. The summed E-state index contributed by atoms with van der Waals surface area (Å²) >= 11 is 0. The number of nitrogens with zero attached hydrogens (tertiary/aromatic N) is 5. The van der Waals surface area contributed by atoms with Gasteiger partial charge >= 0.3 is 0 Å². The molecule has 0 saturated carbocycles. The van der Waals surface area contributed by atoms with Gasteiger partial charge in [-0.3, -0.25) is 14.8 Å². The summed E-state index contributed by atoms with van der Waals surface area (Å²) in [7, 11) is 3.80. The summed E-state index contributed by atoms with van der Waals surface area (Å²) in [5.41, 5.74) is 8.35. The lowest BCUT2D eigenvalue weighted by Gasteiger charge is -2.35. The summed E-state index contributed by atoms with van der Waals surface area (Å²) in [6.07, 6.45) is 5.00. The molecule has 210 valence electrons. The van der Waals surface area contributed by atoms with Crippen LogP contribution < -0.4 is 4.74 Å². The van der Waals surface area contributed by atoms with Crippen molar-refractivity contribution in [3.05, 3.63) is 75.9 Å². The second-order valence-electron chi connectivity index (χ2n) is 10.4. The lowest BCUT2D eigenvalue weighted by atomic mass is 9.86. The number of rotatable bonds is 11. The van der Waals surface area contributed by atoms with Crippen molar-refractivity contribution in [3.63, 3.8) is 0 Å². The summed E-state index contributed by atoms with van der Waals surface area (Å²) in [6.45, 7) is 11.4. The number of carbonyl (C=O) groups excluding carboxylic acids is 1. The molecule has 8 nitrogen and oxygen atoms in total. The van der Waals surface area contributed by atoms with Crippen molar-refractivity contribution in [3.8, 4) is 22.9 Å². The van der Waals surface area contributed by atoms with Gasteiger partial charge < -0.3 is 19.3 Å². The predicted molar refractivity (Wildman–Crippen MR) is 156 cm³/mol. The summed E-state index contributed by atoms with van der Waals surface area (Å²) in [5, 5.41) is 9.43. The Morgan fingerprint density at radius 3 is 2.60 bits per heavy atom. The average molecular weight is 542 g/mol. The van der Waals surface area contributed by atoms with Crippen molar-refractivity contribution in [1.82, 2.24) is 19.8 Å². The van der Waals surface area contributed by atoms with Gasteiger partial charge in [-0.25, -0.2) is 0 Å². The van der Waals surface area contributed by atoms with E-state index in [2.05, 4.69) is 53.1 Å². The Morgan fingerprint density at radius 1 is 1.10 bits per heavy atom. The van der Waals surface area contributed by atoms with Crippen molar-refractivity contribution in [2.45, 2.75) is 46.6 Å². The molecule has 8 heteroatoms. The van der Waals surface area contributed by atoms with E-state index >= 15 is 0 Å². The molecular formula is C32H39N5O3. The van der Waals surface area contributed by atoms with E-state index in [1.807, 2.05) is 31.9 Å². The molecule has 0 aliphatic carbocycles. The zero-order chi connectivity index (χ0) is 28.8. The summed E-state index contributed by atoms with van der Waals surface area (Å²) < 4.78 is 10.9. The van der Waals surface area contributed by atoms with Crippen LogP contribution in [-0.4, -0.2) is 72.7 Å². The normalized spacial score (nSPS) is 13.8. The van der Waals surface area contributed by atoms with E-state index in [1.165, 1.54) is 6.20 Å². The van der Waals surface area contributed by atoms with Crippen molar-refractivity contribution < 1.29 is 14.3 Å². The van der Waals surface area contributed by atoms with Crippen LogP contribution in [0, 0.1) is 25.2 Å². The van der Waals surface area contributed by atoms with Crippen LogP contribution in [-0.2, 0) is 17.6 Å². The van der Waals surface area contributed by atoms with Crippen molar-refractivity contribution >= 4 is 5.91 Å². The molecule has 2 aromatic heterocycles. The highest BCUT2D eigenvalue weighted by atomic mass is 16.5. The summed E-state index contributed by atoms with van der Waals surface area (Å²) in [6, 6.07) is 10.1. The van der Waals surface area contributed by atoms with Crippen LogP contribution in [0.1, 0.15) is 63.9 Å². The number of aromatic nitrogens is 2. The largest absolute Gasteiger partial charge is 0.492 e. The SMILES string of the molecule is CCOc1cc([C@H](C)N2CCc3c(cc(CCN(C)CCOC)cc3-c3cc(C)ncc3C)C2=O)ncc1C#N. The van der Waals surface area contributed by atoms with Crippen LogP contribution in [0.15, 0.2) is 36.7 Å². The van der Waals surface area contributed by atoms with Gasteiger partial charge in [0.2, 0.25) is 0 Å². The highest BCUT2D eigenvalue weighted by Crippen LogP contribution is 2.36. The first-order chi connectivity index (χ1) is 19.3. The Bertz CT molecular complexity index is 1410. The first kappa shape index (κ1) is 29.2. The van der Waals surface area contributed by atoms with Gasteiger partial charge in [0, 0.05) is 56.5 Å². The highest BCUT2D eigenvalue weighted by molar-refractivity contribution is 5.99. The second-order valence-corrected chi connectivity index (χ2v) is 10.4. The number of benzene rings is 1. The Kier molecular flexibility index (Phi) is 9.51. The van der Waals surface area contributed by atoms with Gasteiger partial charge in [-0.05, 0) is 87.5 Å². The lowest BCUT2D eigenvalue weighted by molar-refractivity contribution is 0.0669. The molecular weight excluding hydrogens is 502 g/mol. The fraction of sp³-hybridized carbons (Fsp3) is 0.438. The molecule has 4 rings (SSSR count). The maximum atomic E-state index is 14.1. The Hall–Kier alpha value is -3.80. The second kappa shape index (κ2) is 13.0. The van der Waals surface area contributed by atoms with E-state index in [-0.39, 0.29) is 11.9 Å². The molecule has 0 spiro atoms. The number of likely N-dealkylation sites (N-methyl/N-ethyl adjacent to an activating group) is 1. The molecule has 1 aliphatic rings. The van der Waals surface area contributed by atoms with Crippen LogP contribution in [0.25, 0.3) is 11.1 Å². The smallest absolute Gasteiger partial charge is 0.254 e. The van der Waals surface area contributed by atoms with Crippen LogP contribution in [0.4, 0.5) is 0 Å². The minimum absolute atomic E-state index is 0.00265. The standard InChI is InChI=1S/C32H39N5O3/c1-7-40-31-17-30(35-20-25(31)18-33)23(4)37-11-9-26-28(27-14-22(3)34-19-21(27)2)15-24(16-29(26)32(37)38)8-10-36(5)12-13-39-6/h14-17,19-20,23H,7-13H2,1-6H3/t23-/m0/s1. The summed E-state index contributed by atoms with van der Waals surface area (Å²) in [5.74, 6) is 0.495. The van der Waals surface area contributed by atoms with Gasteiger partial charge in [-0.2, -0.15) is 5.26 Å². The lowest BCUT2D eigenvalue weighted by Crippen LogP contribution is -2.40. The van der Waals surface area contributed by atoms with E-state index < -0.39 is 0 Å². The number of ether oxygens (including phenoxy) is 2. The van der Waals surface area contributed by atoms with E-state index in [9.17, 15) is 10.1 Å². The molecule has 40 heavy (non-hydrogen) atoms. The molecule has 3 aromatic rings. The van der Waals surface area contributed by atoms with Crippen molar-refractivity contribution in [2.24, 2.45) is 0 Å². The summed E-state index contributed by atoms with van der Waals surface area (Å²) in [4.78, 5) is 27.2. The van der Waals surface area contributed by atoms with E-state index in [4.69, 9.17) is 9.47 Å². The van der Waals surface area contributed by atoms with Crippen molar-refractivity contribution in [2.75, 3.05) is 47.0 Å². The number of amides is 1. The highest BCUT2D eigenvalue weighted by Gasteiger charge is 2.32. The molecule has 1 aromatic carbocycles. The third-order valence-corrected chi connectivity index (χ3v) is 7.60. The number of hydrogen-bond donors (Lipinski definition) is 0. The number of fused-ring (bicyclic) bond motifs is 1. The Labute approximate surface area is 237 Å². The molecule has 0 N–H and O–H groups in total. The Morgan fingerprint density at radius 2 is 1.88 bits per heavy atom. The fourth-order valence-corrected chi connectivity index (χ4v) is 5.23. The number of aryl methyl sites for hydroxylation is 2. The van der Waals surface area contributed by atoms with Crippen LogP contribution in [0.5, 0.6) is 5.75 Å². The first-order valence-electron chi connectivity index (χ1n) is 13.9. The van der Waals surface area contributed by atoms with Crippen molar-refractivity contribution in [1.29, 1.82) is 5.26 Å². The molecule has 3 heterocycles. The minimum atomic E-state index is -0.273. The van der Waals surface area contributed by atoms with Gasteiger partial charge in [-0.15, -0.1) is 0 Å².